The standard InChI is InChI=1S/C20H20N2O2S/c1-14-9-10-18(24-3)16(11-14)12-19(23)22(17-7-5-4-6-8-17)20-21-15(2)13-25-20/h4-11,13H,12H2,1-3H3. The molecule has 2 aromatic carbocycles. The highest BCUT2D eigenvalue weighted by atomic mass is 32.1. The van der Waals surface area contributed by atoms with E-state index in [1.807, 2.05) is 67.8 Å². The highest BCUT2D eigenvalue weighted by Gasteiger charge is 2.22. The first-order chi connectivity index (χ1) is 12.1. The first kappa shape index (κ1) is 17.2. The Balaban J connectivity index is 1.97. The molecule has 4 nitrogen and oxygen atoms in total. The number of carbonyl (C=O) groups is 1. The van der Waals surface area contributed by atoms with Gasteiger partial charge in [-0.1, -0.05) is 35.9 Å². The van der Waals surface area contributed by atoms with Crippen LogP contribution in [0.15, 0.2) is 53.9 Å². The Morgan fingerprint density at radius 3 is 2.56 bits per heavy atom. The summed E-state index contributed by atoms with van der Waals surface area (Å²) < 4.78 is 5.41. The molecule has 25 heavy (non-hydrogen) atoms. The van der Waals surface area contributed by atoms with E-state index in [1.54, 1.807) is 12.0 Å². The number of thiazole rings is 1. The number of rotatable bonds is 5. The highest BCUT2D eigenvalue weighted by molar-refractivity contribution is 7.14. The second kappa shape index (κ2) is 7.49. The summed E-state index contributed by atoms with van der Waals surface area (Å²) >= 11 is 1.47. The minimum absolute atomic E-state index is 0.0375. The molecule has 0 aliphatic rings. The number of aryl methyl sites for hydroxylation is 2. The van der Waals surface area contributed by atoms with Gasteiger partial charge in [-0.2, -0.15) is 0 Å². The van der Waals surface area contributed by atoms with E-state index in [4.69, 9.17) is 4.74 Å². The van der Waals surface area contributed by atoms with Crippen molar-refractivity contribution in [2.45, 2.75) is 20.3 Å². The Morgan fingerprint density at radius 1 is 1.16 bits per heavy atom. The Bertz CT molecular complexity index is 874. The van der Waals surface area contributed by atoms with Crippen molar-refractivity contribution in [3.05, 3.63) is 70.7 Å². The monoisotopic (exact) mass is 352 g/mol. The summed E-state index contributed by atoms with van der Waals surface area (Å²) in [7, 11) is 1.62. The molecule has 0 N–H and O–H groups in total. The quantitative estimate of drug-likeness (QED) is 0.670. The Morgan fingerprint density at radius 2 is 1.92 bits per heavy atom. The molecule has 0 fully saturated rings. The molecular formula is C20H20N2O2S. The van der Waals surface area contributed by atoms with Crippen LogP contribution in [0.25, 0.3) is 0 Å². The fourth-order valence-corrected chi connectivity index (χ4v) is 3.51. The van der Waals surface area contributed by atoms with E-state index in [-0.39, 0.29) is 12.3 Å². The van der Waals surface area contributed by atoms with Crippen LogP contribution in [0.2, 0.25) is 0 Å². The van der Waals surface area contributed by atoms with Crippen molar-refractivity contribution in [2.75, 3.05) is 12.0 Å². The van der Waals surface area contributed by atoms with Gasteiger partial charge in [-0.25, -0.2) is 4.98 Å². The minimum Gasteiger partial charge on any atom is -0.496 e. The summed E-state index contributed by atoms with van der Waals surface area (Å²) in [5, 5.41) is 2.63. The van der Waals surface area contributed by atoms with Gasteiger partial charge >= 0.3 is 0 Å². The van der Waals surface area contributed by atoms with Crippen LogP contribution in [-0.2, 0) is 11.2 Å². The molecule has 0 saturated heterocycles. The molecule has 0 aliphatic heterocycles. The SMILES string of the molecule is COc1ccc(C)cc1CC(=O)N(c1ccccc1)c1nc(C)cs1. The average molecular weight is 352 g/mol. The fraction of sp³-hybridized carbons (Fsp3) is 0.200. The molecule has 1 aromatic heterocycles. The first-order valence-corrected chi connectivity index (χ1v) is 8.90. The van der Waals surface area contributed by atoms with Crippen LogP contribution in [0, 0.1) is 13.8 Å². The summed E-state index contributed by atoms with van der Waals surface area (Å²) in [6.07, 6.45) is 0.248. The van der Waals surface area contributed by atoms with Gasteiger partial charge in [0.25, 0.3) is 0 Å². The van der Waals surface area contributed by atoms with E-state index in [0.717, 1.165) is 28.3 Å². The number of carbonyl (C=O) groups excluding carboxylic acids is 1. The summed E-state index contributed by atoms with van der Waals surface area (Å²) in [5.41, 5.74) is 3.69. The lowest BCUT2D eigenvalue weighted by atomic mass is 10.1. The molecule has 3 rings (SSSR count). The number of anilines is 2. The number of hydrogen-bond donors (Lipinski definition) is 0. The lowest BCUT2D eigenvalue weighted by molar-refractivity contribution is -0.117. The molecule has 1 amide bonds. The molecule has 5 heteroatoms. The van der Waals surface area contributed by atoms with E-state index < -0.39 is 0 Å². The molecule has 128 valence electrons. The maximum absolute atomic E-state index is 13.1. The zero-order valence-electron chi connectivity index (χ0n) is 14.5. The lowest BCUT2D eigenvalue weighted by Crippen LogP contribution is -2.27. The number of amides is 1. The molecule has 1 heterocycles. The second-order valence-corrected chi connectivity index (χ2v) is 6.66. The zero-order chi connectivity index (χ0) is 17.8. The molecule has 0 unspecified atom stereocenters. The summed E-state index contributed by atoms with van der Waals surface area (Å²) in [5.74, 6) is 0.687. The van der Waals surface area contributed by atoms with Crippen LogP contribution in [0.5, 0.6) is 5.75 Å². The molecular weight excluding hydrogens is 332 g/mol. The fourth-order valence-electron chi connectivity index (χ4n) is 2.67. The van der Waals surface area contributed by atoms with Gasteiger partial charge < -0.3 is 4.74 Å². The second-order valence-electron chi connectivity index (χ2n) is 5.83. The van der Waals surface area contributed by atoms with Crippen LogP contribution in [-0.4, -0.2) is 18.0 Å². The predicted octanol–water partition coefficient (Wildman–Crippen LogP) is 4.68. The van der Waals surface area contributed by atoms with Crippen molar-refractivity contribution in [3.8, 4) is 5.75 Å². The van der Waals surface area contributed by atoms with E-state index in [9.17, 15) is 4.79 Å². The summed E-state index contributed by atoms with van der Waals surface area (Å²) in [6.45, 7) is 3.93. The van der Waals surface area contributed by atoms with Gasteiger partial charge in [0.1, 0.15) is 5.75 Å². The lowest BCUT2D eigenvalue weighted by Gasteiger charge is -2.21. The third-order valence-electron chi connectivity index (χ3n) is 3.84. The van der Waals surface area contributed by atoms with Crippen molar-refractivity contribution in [2.24, 2.45) is 0 Å². The molecule has 0 saturated carbocycles. The molecule has 0 atom stereocenters. The van der Waals surface area contributed by atoms with Crippen LogP contribution < -0.4 is 9.64 Å². The number of hydrogen-bond acceptors (Lipinski definition) is 4. The highest BCUT2D eigenvalue weighted by Crippen LogP contribution is 2.30. The molecule has 3 aromatic rings. The number of methoxy groups -OCH3 is 1. The van der Waals surface area contributed by atoms with E-state index in [1.165, 1.54) is 11.3 Å². The minimum atomic E-state index is -0.0375. The Kier molecular flexibility index (Phi) is 5.14. The van der Waals surface area contributed by atoms with Gasteiger partial charge in [-0.3, -0.25) is 9.69 Å². The number of aromatic nitrogens is 1. The topological polar surface area (TPSA) is 42.4 Å². The van der Waals surface area contributed by atoms with Gasteiger partial charge in [-0.15, -0.1) is 11.3 Å². The van der Waals surface area contributed by atoms with Crippen LogP contribution in [0.1, 0.15) is 16.8 Å². The van der Waals surface area contributed by atoms with E-state index in [0.29, 0.717) is 5.13 Å². The van der Waals surface area contributed by atoms with Crippen molar-refractivity contribution >= 4 is 28.1 Å². The normalized spacial score (nSPS) is 10.5. The number of para-hydroxylation sites is 1. The van der Waals surface area contributed by atoms with Crippen molar-refractivity contribution < 1.29 is 9.53 Å². The zero-order valence-corrected chi connectivity index (χ0v) is 15.3. The van der Waals surface area contributed by atoms with Gasteiger partial charge in [0.15, 0.2) is 5.13 Å². The van der Waals surface area contributed by atoms with Crippen LogP contribution in [0.3, 0.4) is 0 Å². The molecule has 0 aliphatic carbocycles. The predicted molar refractivity (Wildman–Crippen MR) is 102 cm³/mol. The molecule has 0 bridgehead atoms. The van der Waals surface area contributed by atoms with Gasteiger partial charge in [-0.05, 0) is 32.0 Å². The first-order valence-electron chi connectivity index (χ1n) is 8.02. The van der Waals surface area contributed by atoms with Gasteiger partial charge in [0.05, 0.1) is 24.9 Å². The third kappa shape index (κ3) is 3.88. The largest absolute Gasteiger partial charge is 0.496 e. The van der Waals surface area contributed by atoms with Crippen molar-refractivity contribution in [1.82, 2.24) is 4.98 Å². The number of ether oxygens (including phenoxy) is 1. The average Bonchev–Trinajstić information content (AvgIpc) is 3.02. The smallest absolute Gasteiger partial charge is 0.237 e. The van der Waals surface area contributed by atoms with E-state index >= 15 is 0 Å². The van der Waals surface area contributed by atoms with Gasteiger partial charge in [0.2, 0.25) is 5.91 Å². The van der Waals surface area contributed by atoms with Crippen LogP contribution >= 0.6 is 11.3 Å². The molecule has 0 spiro atoms. The molecule has 0 radical (unpaired) electrons. The van der Waals surface area contributed by atoms with E-state index in [2.05, 4.69) is 4.98 Å². The number of benzene rings is 2. The summed E-state index contributed by atoms with van der Waals surface area (Å²) in [4.78, 5) is 19.3. The maximum atomic E-state index is 13.1. The Labute approximate surface area is 151 Å². The van der Waals surface area contributed by atoms with Crippen LogP contribution in [0.4, 0.5) is 10.8 Å². The Hall–Kier alpha value is -2.66. The van der Waals surface area contributed by atoms with Crippen molar-refractivity contribution in [1.29, 1.82) is 0 Å². The third-order valence-corrected chi connectivity index (χ3v) is 4.78. The number of nitrogens with zero attached hydrogens (tertiary/aromatic N) is 2. The van der Waals surface area contributed by atoms with Crippen molar-refractivity contribution in [3.63, 3.8) is 0 Å². The summed E-state index contributed by atoms with van der Waals surface area (Å²) in [6, 6.07) is 15.5. The maximum Gasteiger partial charge on any atom is 0.237 e. The van der Waals surface area contributed by atoms with Gasteiger partial charge in [0, 0.05) is 10.9 Å².